The zero-order valence-corrected chi connectivity index (χ0v) is 17.5. The minimum Gasteiger partial charge on any atom is -0.496 e. The van der Waals surface area contributed by atoms with E-state index in [1.807, 2.05) is 35.2 Å². The van der Waals surface area contributed by atoms with Gasteiger partial charge in [-0.25, -0.2) is 0 Å². The van der Waals surface area contributed by atoms with Crippen LogP contribution < -0.4 is 15.2 Å². The average molecular weight is 478 g/mol. The topological polar surface area (TPSA) is 64.8 Å². The highest BCUT2D eigenvalue weighted by atomic mass is 127. The van der Waals surface area contributed by atoms with E-state index < -0.39 is 0 Å². The zero-order valence-electron chi connectivity index (χ0n) is 15.3. The Hall–Kier alpha value is -1.80. The third-order valence-electron chi connectivity index (χ3n) is 5.76. The van der Waals surface area contributed by atoms with Gasteiger partial charge in [0.2, 0.25) is 0 Å². The van der Waals surface area contributed by atoms with Crippen molar-refractivity contribution in [3.05, 3.63) is 56.7 Å². The number of carbonyl (C=O) groups excluding carboxylic acids is 1. The Morgan fingerprint density at radius 2 is 2.04 bits per heavy atom. The van der Waals surface area contributed by atoms with Crippen LogP contribution in [0.1, 0.15) is 34.3 Å². The molecule has 2 aromatic carbocycles. The highest BCUT2D eigenvalue weighted by Crippen LogP contribution is 2.46. The van der Waals surface area contributed by atoms with Crippen LogP contribution in [0.15, 0.2) is 36.4 Å². The number of rotatable bonds is 3. The molecule has 4 rings (SSSR count). The number of benzene rings is 2. The highest BCUT2D eigenvalue weighted by molar-refractivity contribution is 14.1. The number of carbonyl (C=O) groups is 1. The first-order valence-corrected chi connectivity index (χ1v) is 10.2. The number of amides is 1. The van der Waals surface area contributed by atoms with E-state index in [1.54, 1.807) is 7.11 Å². The summed E-state index contributed by atoms with van der Waals surface area (Å²) in [6.07, 6.45) is 1.82. The predicted molar refractivity (Wildman–Crippen MR) is 112 cm³/mol. The first kappa shape index (κ1) is 18.6. The fourth-order valence-corrected chi connectivity index (χ4v) is 4.81. The largest absolute Gasteiger partial charge is 0.496 e. The zero-order chi connectivity index (χ0) is 19.0. The first-order chi connectivity index (χ1) is 13.1. The van der Waals surface area contributed by atoms with Crippen LogP contribution in [0, 0.1) is 3.57 Å². The minimum absolute atomic E-state index is 0.00558. The number of fused-ring (bicyclic) bond motifs is 2. The molecule has 0 atom stereocenters. The molecule has 0 aromatic heterocycles. The van der Waals surface area contributed by atoms with Gasteiger partial charge >= 0.3 is 0 Å². The highest BCUT2D eigenvalue weighted by Gasteiger charge is 2.43. The van der Waals surface area contributed by atoms with Crippen LogP contribution in [0.5, 0.6) is 11.5 Å². The Labute approximate surface area is 173 Å². The minimum atomic E-state index is 0.00558. The fourth-order valence-electron chi connectivity index (χ4n) is 4.07. The lowest BCUT2D eigenvalue weighted by Crippen LogP contribution is -2.46. The maximum Gasteiger partial charge on any atom is 0.253 e. The standard InChI is InChI=1S/C21H23IN2O3/c1-26-19-5-3-15(11-17(19)22)20(25)24-8-6-21(7-9-24)13-27-18-4-2-14(12-23)10-16(18)21/h2-5,10-11H,6-9,12-13,23H2,1H3. The summed E-state index contributed by atoms with van der Waals surface area (Å²) in [7, 11) is 1.64. The molecule has 0 bridgehead atoms. The van der Waals surface area contributed by atoms with Crippen LogP contribution in [0.2, 0.25) is 0 Å². The van der Waals surface area contributed by atoms with Crippen LogP contribution >= 0.6 is 22.6 Å². The molecule has 0 radical (unpaired) electrons. The van der Waals surface area contributed by atoms with Crippen molar-refractivity contribution in [3.8, 4) is 11.5 Å². The van der Waals surface area contributed by atoms with E-state index in [1.165, 1.54) is 5.56 Å². The van der Waals surface area contributed by atoms with Crippen molar-refractivity contribution in [3.63, 3.8) is 0 Å². The van der Waals surface area contributed by atoms with Crippen molar-refractivity contribution in [1.29, 1.82) is 0 Å². The van der Waals surface area contributed by atoms with Gasteiger partial charge in [-0.1, -0.05) is 12.1 Å². The molecule has 2 aliphatic heterocycles. The second-order valence-electron chi connectivity index (χ2n) is 7.25. The maximum atomic E-state index is 12.9. The Balaban J connectivity index is 1.50. The molecule has 2 aromatic rings. The summed E-state index contributed by atoms with van der Waals surface area (Å²) < 4.78 is 12.2. The van der Waals surface area contributed by atoms with Crippen molar-refractivity contribution in [2.45, 2.75) is 24.8 Å². The van der Waals surface area contributed by atoms with E-state index in [0.717, 1.165) is 46.6 Å². The lowest BCUT2D eigenvalue weighted by atomic mass is 9.74. The summed E-state index contributed by atoms with van der Waals surface area (Å²) in [6, 6.07) is 11.8. The second kappa shape index (κ2) is 7.31. The van der Waals surface area contributed by atoms with E-state index in [4.69, 9.17) is 15.2 Å². The number of hydrogen-bond donors (Lipinski definition) is 1. The quantitative estimate of drug-likeness (QED) is 0.688. The Kier molecular flexibility index (Phi) is 5.03. The predicted octanol–water partition coefficient (Wildman–Crippen LogP) is 3.32. The van der Waals surface area contributed by atoms with Gasteiger partial charge in [0.25, 0.3) is 5.91 Å². The molecular weight excluding hydrogens is 455 g/mol. The molecule has 0 unspecified atom stereocenters. The summed E-state index contributed by atoms with van der Waals surface area (Å²) in [4.78, 5) is 14.9. The SMILES string of the molecule is COc1ccc(C(=O)N2CCC3(CC2)COc2ccc(CN)cc23)cc1I. The molecule has 5 nitrogen and oxygen atoms in total. The van der Waals surface area contributed by atoms with Crippen LogP contribution in [0.4, 0.5) is 0 Å². The number of nitrogens with zero attached hydrogens (tertiary/aromatic N) is 1. The van der Waals surface area contributed by atoms with Gasteiger partial charge in [0.15, 0.2) is 0 Å². The molecular formula is C21H23IN2O3. The second-order valence-corrected chi connectivity index (χ2v) is 8.41. The molecule has 1 fully saturated rings. The molecule has 0 saturated carbocycles. The van der Waals surface area contributed by atoms with Crippen molar-refractivity contribution in [2.24, 2.45) is 5.73 Å². The van der Waals surface area contributed by atoms with E-state index >= 15 is 0 Å². The molecule has 1 spiro atoms. The Morgan fingerprint density at radius 1 is 1.26 bits per heavy atom. The molecule has 0 aliphatic carbocycles. The van der Waals surface area contributed by atoms with Gasteiger partial charge in [0.05, 0.1) is 17.3 Å². The third-order valence-corrected chi connectivity index (χ3v) is 6.60. The lowest BCUT2D eigenvalue weighted by Gasteiger charge is -2.38. The van der Waals surface area contributed by atoms with Gasteiger partial charge in [0.1, 0.15) is 11.5 Å². The smallest absolute Gasteiger partial charge is 0.253 e. The van der Waals surface area contributed by atoms with Crippen molar-refractivity contribution in [1.82, 2.24) is 4.90 Å². The van der Waals surface area contributed by atoms with Crippen molar-refractivity contribution in [2.75, 3.05) is 26.8 Å². The van der Waals surface area contributed by atoms with E-state index in [0.29, 0.717) is 18.7 Å². The molecule has 6 heteroatoms. The van der Waals surface area contributed by atoms with Gasteiger partial charge < -0.3 is 20.1 Å². The van der Waals surface area contributed by atoms with Gasteiger partial charge in [0, 0.05) is 36.2 Å². The molecule has 2 N–H and O–H groups in total. The first-order valence-electron chi connectivity index (χ1n) is 9.15. The van der Waals surface area contributed by atoms with Gasteiger partial charge in [-0.2, -0.15) is 0 Å². The monoisotopic (exact) mass is 478 g/mol. The molecule has 27 heavy (non-hydrogen) atoms. The van der Waals surface area contributed by atoms with E-state index in [-0.39, 0.29) is 11.3 Å². The number of halogens is 1. The number of hydrogen-bond acceptors (Lipinski definition) is 4. The number of methoxy groups -OCH3 is 1. The number of nitrogens with two attached hydrogens (primary N) is 1. The van der Waals surface area contributed by atoms with Gasteiger partial charge in [-0.05, 0) is 65.3 Å². The molecule has 1 saturated heterocycles. The number of ether oxygens (including phenoxy) is 2. The summed E-state index contributed by atoms with van der Waals surface area (Å²) in [6.45, 7) is 2.69. The summed E-state index contributed by atoms with van der Waals surface area (Å²) in [5.41, 5.74) is 8.93. The summed E-state index contributed by atoms with van der Waals surface area (Å²) >= 11 is 2.20. The third kappa shape index (κ3) is 3.29. The Bertz CT molecular complexity index is 876. The van der Waals surface area contributed by atoms with Crippen molar-refractivity contribution >= 4 is 28.5 Å². The number of piperidine rings is 1. The van der Waals surface area contributed by atoms with E-state index in [9.17, 15) is 4.79 Å². The van der Waals surface area contributed by atoms with Gasteiger partial charge in [-0.3, -0.25) is 4.79 Å². The summed E-state index contributed by atoms with van der Waals surface area (Å²) in [5, 5.41) is 0. The fraction of sp³-hybridized carbons (Fsp3) is 0.381. The van der Waals surface area contributed by atoms with Crippen LogP contribution in [-0.4, -0.2) is 37.6 Å². The average Bonchev–Trinajstić information content (AvgIpc) is 3.05. The van der Waals surface area contributed by atoms with Crippen LogP contribution in [0.3, 0.4) is 0 Å². The van der Waals surface area contributed by atoms with Gasteiger partial charge in [-0.15, -0.1) is 0 Å². The van der Waals surface area contributed by atoms with Crippen LogP contribution in [-0.2, 0) is 12.0 Å². The summed E-state index contributed by atoms with van der Waals surface area (Å²) in [5.74, 6) is 1.84. The van der Waals surface area contributed by atoms with E-state index in [2.05, 4.69) is 28.7 Å². The van der Waals surface area contributed by atoms with Crippen LogP contribution in [0.25, 0.3) is 0 Å². The number of likely N-dealkylation sites (tertiary alicyclic amines) is 1. The normalized spacial score (nSPS) is 17.5. The molecule has 2 heterocycles. The molecule has 1 amide bonds. The molecule has 142 valence electrons. The molecule has 2 aliphatic rings. The Morgan fingerprint density at radius 3 is 2.70 bits per heavy atom. The van der Waals surface area contributed by atoms with Crippen molar-refractivity contribution < 1.29 is 14.3 Å². The lowest BCUT2D eigenvalue weighted by molar-refractivity contribution is 0.0646. The maximum absolute atomic E-state index is 12.9.